The summed E-state index contributed by atoms with van der Waals surface area (Å²) in [5, 5.41) is 2.89. The van der Waals surface area contributed by atoms with Crippen LogP contribution in [0.15, 0.2) is 18.2 Å². The monoisotopic (exact) mass is 363 g/mol. The molecule has 1 fully saturated rings. The molecule has 0 spiro atoms. The number of likely N-dealkylation sites (tertiary alicyclic amines) is 1. The predicted octanol–water partition coefficient (Wildman–Crippen LogP) is 2.33. The molecule has 2 rings (SSSR count). The molecule has 1 N–H and O–H groups in total. The fourth-order valence-electron chi connectivity index (χ4n) is 3.41. The molecule has 0 radical (unpaired) electrons. The lowest BCUT2D eigenvalue weighted by atomic mass is 9.95. The van der Waals surface area contributed by atoms with Crippen molar-refractivity contribution < 1.29 is 14.0 Å². The molecule has 2 amide bonds. The molecule has 0 aromatic heterocycles. The van der Waals surface area contributed by atoms with Crippen molar-refractivity contribution in [3.05, 3.63) is 35.1 Å². The third kappa shape index (κ3) is 5.04. The van der Waals surface area contributed by atoms with E-state index in [4.69, 9.17) is 0 Å². The van der Waals surface area contributed by atoms with Gasteiger partial charge in [-0.2, -0.15) is 0 Å². The van der Waals surface area contributed by atoms with Gasteiger partial charge in [0.15, 0.2) is 0 Å². The number of halogens is 1. The predicted molar refractivity (Wildman–Crippen MR) is 100 cm³/mol. The maximum absolute atomic E-state index is 13.6. The lowest BCUT2D eigenvalue weighted by Crippen LogP contribution is -2.49. The first-order valence-corrected chi connectivity index (χ1v) is 9.31. The summed E-state index contributed by atoms with van der Waals surface area (Å²) in [6, 6.07) is 4.90. The van der Waals surface area contributed by atoms with Crippen molar-refractivity contribution in [1.82, 2.24) is 15.1 Å². The molecule has 1 unspecified atom stereocenters. The highest BCUT2D eigenvalue weighted by Crippen LogP contribution is 2.19. The van der Waals surface area contributed by atoms with Crippen LogP contribution in [0.5, 0.6) is 0 Å². The number of nitrogens with zero attached hydrogens (tertiary/aromatic N) is 2. The van der Waals surface area contributed by atoms with Gasteiger partial charge in [-0.15, -0.1) is 0 Å². The molecule has 1 aromatic carbocycles. The fourth-order valence-corrected chi connectivity index (χ4v) is 3.41. The molecule has 0 saturated carbocycles. The van der Waals surface area contributed by atoms with Crippen LogP contribution < -0.4 is 5.32 Å². The summed E-state index contributed by atoms with van der Waals surface area (Å²) in [6.45, 7) is 5.28. The van der Waals surface area contributed by atoms with Crippen LogP contribution in [0, 0.1) is 18.7 Å². The SMILES string of the molecule is CCC(C(=O)N1CCC(C(=O)NCc2ccc(C)c(F)c2)CC1)N(C)C. The third-order valence-electron chi connectivity index (χ3n) is 5.18. The lowest BCUT2D eigenvalue weighted by molar-refractivity contribution is -0.139. The van der Waals surface area contributed by atoms with E-state index in [-0.39, 0.29) is 29.6 Å². The van der Waals surface area contributed by atoms with E-state index >= 15 is 0 Å². The van der Waals surface area contributed by atoms with Gasteiger partial charge in [0, 0.05) is 25.6 Å². The Kier molecular flexibility index (Phi) is 7.14. The molecule has 0 bridgehead atoms. The van der Waals surface area contributed by atoms with Crippen LogP contribution >= 0.6 is 0 Å². The third-order valence-corrected chi connectivity index (χ3v) is 5.18. The van der Waals surface area contributed by atoms with E-state index in [2.05, 4.69) is 5.32 Å². The smallest absolute Gasteiger partial charge is 0.239 e. The maximum atomic E-state index is 13.6. The number of aryl methyl sites for hydroxylation is 1. The highest BCUT2D eigenvalue weighted by Gasteiger charge is 2.30. The molecule has 0 aliphatic carbocycles. The minimum absolute atomic E-state index is 0.0160. The second kappa shape index (κ2) is 9.12. The van der Waals surface area contributed by atoms with Crippen LogP contribution in [0.4, 0.5) is 4.39 Å². The lowest BCUT2D eigenvalue weighted by Gasteiger charge is -2.35. The second-order valence-corrected chi connectivity index (χ2v) is 7.29. The molecule has 1 atom stereocenters. The average molecular weight is 363 g/mol. The van der Waals surface area contributed by atoms with E-state index < -0.39 is 0 Å². The Morgan fingerprint density at radius 3 is 2.50 bits per heavy atom. The molecule has 6 heteroatoms. The molecule has 144 valence electrons. The maximum Gasteiger partial charge on any atom is 0.239 e. The van der Waals surface area contributed by atoms with Crippen molar-refractivity contribution in [2.45, 2.75) is 45.7 Å². The molecular formula is C20H30FN3O2. The van der Waals surface area contributed by atoms with Gasteiger partial charge in [0.1, 0.15) is 5.82 Å². The van der Waals surface area contributed by atoms with E-state index in [0.29, 0.717) is 38.0 Å². The van der Waals surface area contributed by atoms with Crippen LogP contribution in [0.1, 0.15) is 37.3 Å². The standard InChI is InChI=1S/C20H30FN3O2/c1-5-18(23(3)4)20(26)24-10-8-16(9-11-24)19(25)22-13-15-7-6-14(2)17(21)12-15/h6-7,12,16,18H,5,8-11,13H2,1-4H3,(H,22,25). The van der Waals surface area contributed by atoms with Gasteiger partial charge in [0.25, 0.3) is 0 Å². The van der Waals surface area contributed by atoms with Crippen molar-refractivity contribution in [3.8, 4) is 0 Å². The summed E-state index contributed by atoms with van der Waals surface area (Å²) in [5.41, 5.74) is 1.35. The summed E-state index contributed by atoms with van der Waals surface area (Å²) in [7, 11) is 3.83. The van der Waals surface area contributed by atoms with Crippen molar-refractivity contribution in [2.75, 3.05) is 27.2 Å². The van der Waals surface area contributed by atoms with Gasteiger partial charge >= 0.3 is 0 Å². The number of hydrogen-bond donors (Lipinski definition) is 1. The summed E-state index contributed by atoms with van der Waals surface area (Å²) < 4.78 is 13.6. The molecule has 1 aliphatic rings. The average Bonchev–Trinajstić information content (AvgIpc) is 2.62. The van der Waals surface area contributed by atoms with E-state index in [9.17, 15) is 14.0 Å². The van der Waals surface area contributed by atoms with Crippen LogP contribution in [-0.2, 0) is 16.1 Å². The Morgan fingerprint density at radius 1 is 1.31 bits per heavy atom. The normalized spacial score (nSPS) is 16.6. The minimum atomic E-state index is -0.255. The Hall–Kier alpha value is -1.95. The Morgan fingerprint density at radius 2 is 1.96 bits per heavy atom. The highest BCUT2D eigenvalue weighted by atomic mass is 19.1. The van der Waals surface area contributed by atoms with Gasteiger partial charge in [-0.3, -0.25) is 14.5 Å². The summed E-state index contributed by atoms with van der Waals surface area (Å²) >= 11 is 0. The van der Waals surface area contributed by atoms with Gasteiger partial charge < -0.3 is 10.2 Å². The van der Waals surface area contributed by atoms with Gasteiger partial charge in [0.05, 0.1) is 6.04 Å². The quantitative estimate of drug-likeness (QED) is 0.844. The van der Waals surface area contributed by atoms with Crippen molar-refractivity contribution >= 4 is 11.8 Å². The van der Waals surface area contributed by atoms with Crippen LogP contribution in [0.25, 0.3) is 0 Å². The van der Waals surface area contributed by atoms with Crippen molar-refractivity contribution in [2.24, 2.45) is 5.92 Å². The number of benzene rings is 1. The van der Waals surface area contributed by atoms with Gasteiger partial charge in [-0.1, -0.05) is 19.1 Å². The first kappa shape index (κ1) is 20.4. The zero-order valence-electron chi connectivity index (χ0n) is 16.2. The number of nitrogens with one attached hydrogen (secondary N) is 1. The number of rotatable bonds is 6. The van der Waals surface area contributed by atoms with Gasteiger partial charge in [0.2, 0.25) is 11.8 Å². The molecule has 1 heterocycles. The first-order chi connectivity index (χ1) is 12.3. The van der Waals surface area contributed by atoms with Gasteiger partial charge in [-0.25, -0.2) is 4.39 Å². The summed E-state index contributed by atoms with van der Waals surface area (Å²) in [4.78, 5) is 28.8. The molecule has 5 nitrogen and oxygen atoms in total. The molecular weight excluding hydrogens is 333 g/mol. The molecule has 1 aliphatic heterocycles. The van der Waals surface area contributed by atoms with Crippen LogP contribution in [0.2, 0.25) is 0 Å². The second-order valence-electron chi connectivity index (χ2n) is 7.29. The molecule has 1 aromatic rings. The fraction of sp³-hybridized carbons (Fsp3) is 0.600. The zero-order valence-corrected chi connectivity index (χ0v) is 16.2. The van der Waals surface area contributed by atoms with E-state index in [1.54, 1.807) is 13.0 Å². The molecule has 1 saturated heterocycles. The topological polar surface area (TPSA) is 52.7 Å². The number of carbonyl (C=O) groups excluding carboxylic acids is 2. The zero-order chi connectivity index (χ0) is 19.3. The number of piperidine rings is 1. The number of hydrogen-bond acceptors (Lipinski definition) is 3. The van der Waals surface area contributed by atoms with Crippen LogP contribution in [0.3, 0.4) is 0 Å². The minimum Gasteiger partial charge on any atom is -0.352 e. The Balaban J connectivity index is 1.82. The van der Waals surface area contributed by atoms with Crippen LogP contribution in [-0.4, -0.2) is 54.8 Å². The number of carbonyl (C=O) groups is 2. The molecule has 26 heavy (non-hydrogen) atoms. The summed E-state index contributed by atoms with van der Waals surface area (Å²) in [5.74, 6) is -0.215. The number of likely N-dealkylation sites (N-methyl/N-ethyl adjacent to an activating group) is 1. The van der Waals surface area contributed by atoms with E-state index in [0.717, 1.165) is 12.0 Å². The highest BCUT2D eigenvalue weighted by molar-refractivity contribution is 5.83. The van der Waals surface area contributed by atoms with E-state index in [1.165, 1.54) is 6.07 Å². The van der Waals surface area contributed by atoms with Gasteiger partial charge in [-0.05, 0) is 57.5 Å². The van der Waals surface area contributed by atoms with Crippen molar-refractivity contribution in [3.63, 3.8) is 0 Å². The van der Waals surface area contributed by atoms with Crippen molar-refractivity contribution in [1.29, 1.82) is 0 Å². The number of amides is 2. The Labute approximate surface area is 155 Å². The Bertz CT molecular complexity index is 640. The summed E-state index contributed by atoms with van der Waals surface area (Å²) in [6.07, 6.45) is 2.12. The largest absolute Gasteiger partial charge is 0.352 e. The van der Waals surface area contributed by atoms with E-state index in [1.807, 2.05) is 36.9 Å². The first-order valence-electron chi connectivity index (χ1n) is 9.31.